The number of hydrogen-bond donors (Lipinski definition) is 2. The number of rotatable bonds is 4. The zero-order valence-electron chi connectivity index (χ0n) is 15.1. The molecule has 0 saturated carbocycles. The van der Waals surface area contributed by atoms with Crippen molar-refractivity contribution in [3.63, 3.8) is 0 Å². The Morgan fingerprint density at radius 3 is 2.30 bits per heavy atom. The van der Waals surface area contributed by atoms with Crippen LogP contribution in [0.3, 0.4) is 0 Å². The lowest BCUT2D eigenvalue weighted by Crippen LogP contribution is -3.15. The van der Waals surface area contributed by atoms with E-state index in [0.717, 1.165) is 38.3 Å². The second kappa shape index (κ2) is 8.00. The average Bonchev–Trinajstić information content (AvgIpc) is 2.62. The Bertz CT molecular complexity index is 782. The molecule has 2 N–H and O–H groups in total. The van der Waals surface area contributed by atoms with Gasteiger partial charge in [0.1, 0.15) is 0 Å². The third-order valence-electron chi connectivity index (χ3n) is 4.83. The van der Waals surface area contributed by atoms with Crippen LogP contribution in [-0.2, 0) is 11.0 Å². The third kappa shape index (κ3) is 5.01. The maximum absolute atomic E-state index is 12.6. The highest BCUT2D eigenvalue weighted by molar-refractivity contribution is 5.91. The molecule has 0 radical (unpaired) electrons. The molecule has 1 aliphatic heterocycles. The number of nitrogens with one attached hydrogen (secondary N) is 2. The van der Waals surface area contributed by atoms with Crippen molar-refractivity contribution in [2.45, 2.75) is 13.1 Å². The lowest BCUT2D eigenvalue weighted by molar-refractivity contribution is -0.892. The van der Waals surface area contributed by atoms with E-state index in [1.54, 1.807) is 0 Å². The minimum Gasteiger partial charge on any atom is -0.360 e. The van der Waals surface area contributed by atoms with Gasteiger partial charge in [-0.2, -0.15) is 13.2 Å². The van der Waals surface area contributed by atoms with Gasteiger partial charge in [0.2, 0.25) is 0 Å². The Kier molecular flexibility index (Phi) is 5.70. The van der Waals surface area contributed by atoms with Crippen molar-refractivity contribution in [3.8, 4) is 0 Å². The molecule has 4 nitrogen and oxygen atoms in total. The van der Waals surface area contributed by atoms with Gasteiger partial charge in [-0.3, -0.25) is 4.79 Å². The largest absolute Gasteiger partial charge is 0.416 e. The molecule has 0 spiro atoms. The summed E-state index contributed by atoms with van der Waals surface area (Å²) < 4.78 is 37.7. The zero-order valence-corrected chi connectivity index (χ0v) is 15.1. The van der Waals surface area contributed by atoms with Crippen molar-refractivity contribution >= 4 is 17.3 Å². The van der Waals surface area contributed by atoms with Gasteiger partial charge in [0, 0.05) is 11.4 Å². The molecular weight excluding hydrogens is 355 g/mol. The Balaban J connectivity index is 1.49. The summed E-state index contributed by atoms with van der Waals surface area (Å²) in [5.41, 5.74) is 2.12. The molecule has 3 rings (SSSR count). The fourth-order valence-electron chi connectivity index (χ4n) is 3.33. The van der Waals surface area contributed by atoms with Crippen LogP contribution in [0.1, 0.15) is 11.1 Å². The Labute approximate surface area is 156 Å². The van der Waals surface area contributed by atoms with E-state index in [9.17, 15) is 18.0 Å². The van der Waals surface area contributed by atoms with E-state index in [1.807, 2.05) is 12.1 Å². The molecule has 0 atom stereocenters. The fraction of sp³-hybridized carbons (Fsp3) is 0.350. The Hall–Kier alpha value is -2.54. The second-order valence-electron chi connectivity index (χ2n) is 6.82. The van der Waals surface area contributed by atoms with Crippen LogP contribution >= 0.6 is 0 Å². The van der Waals surface area contributed by atoms with Crippen LogP contribution in [0.4, 0.5) is 24.5 Å². The summed E-state index contributed by atoms with van der Waals surface area (Å²) in [5.74, 6) is -0.186. The number of para-hydroxylation sites is 1. The summed E-state index contributed by atoms with van der Waals surface area (Å²) in [5, 5.41) is 2.68. The van der Waals surface area contributed by atoms with Crippen LogP contribution in [0.25, 0.3) is 0 Å². The molecule has 1 amide bonds. The molecule has 0 unspecified atom stereocenters. The third-order valence-corrected chi connectivity index (χ3v) is 4.83. The first-order chi connectivity index (χ1) is 12.8. The average molecular weight is 378 g/mol. The minimum absolute atomic E-state index is 0.186. The minimum atomic E-state index is -4.37. The smallest absolute Gasteiger partial charge is 0.360 e. The summed E-state index contributed by atoms with van der Waals surface area (Å²) >= 11 is 0. The first-order valence-electron chi connectivity index (χ1n) is 8.94. The Morgan fingerprint density at radius 2 is 1.70 bits per heavy atom. The molecule has 1 saturated heterocycles. The maximum Gasteiger partial charge on any atom is 0.416 e. The monoisotopic (exact) mass is 378 g/mol. The predicted octanol–water partition coefficient (Wildman–Crippen LogP) is 2.36. The van der Waals surface area contributed by atoms with Crippen molar-refractivity contribution in [2.75, 3.05) is 42.9 Å². The van der Waals surface area contributed by atoms with Gasteiger partial charge in [-0.05, 0) is 42.8 Å². The number of aryl methyl sites for hydroxylation is 1. The number of anilines is 2. The van der Waals surface area contributed by atoms with Crippen LogP contribution < -0.4 is 15.1 Å². The van der Waals surface area contributed by atoms with Crippen molar-refractivity contribution in [1.29, 1.82) is 0 Å². The summed E-state index contributed by atoms with van der Waals surface area (Å²) in [6, 6.07) is 12.8. The summed E-state index contributed by atoms with van der Waals surface area (Å²) in [6.45, 7) is 5.82. The van der Waals surface area contributed by atoms with Crippen LogP contribution in [0.15, 0.2) is 48.5 Å². The highest BCUT2D eigenvalue weighted by Gasteiger charge is 2.30. The van der Waals surface area contributed by atoms with Crippen molar-refractivity contribution in [3.05, 3.63) is 59.7 Å². The molecule has 0 aromatic heterocycles. The predicted molar refractivity (Wildman–Crippen MR) is 99.0 cm³/mol. The fourth-order valence-corrected chi connectivity index (χ4v) is 3.33. The lowest BCUT2D eigenvalue weighted by atomic mass is 10.1. The number of hydrogen-bond acceptors (Lipinski definition) is 2. The zero-order chi connectivity index (χ0) is 19.4. The van der Waals surface area contributed by atoms with Crippen molar-refractivity contribution in [2.24, 2.45) is 0 Å². The molecule has 1 heterocycles. The van der Waals surface area contributed by atoms with Crippen molar-refractivity contribution in [1.82, 2.24) is 0 Å². The standard InChI is InChI=1S/C20H22F3N3O/c1-15-4-2-3-5-18(15)26-12-10-25(11-13-26)14-19(27)24-17-8-6-16(7-9-17)20(21,22)23/h2-9H,10-14H2,1H3,(H,24,27)/p+1. The Morgan fingerprint density at radius 1 is 1.07 bits per heavy atom. The maximum atomic E-state index is 12.6. The van der Waals surface area contributed by atoms with E-state index in [2.05, 4.69) is 29.3 Å². The lowest BCUT2D eigenvalue weighted by Gasteiger charge is -2.34. The van der Waals surface area contributed by atoms with Gasteiger partial charge in [-0.25, -0.2) is 0 Å². The number of carbonyl (C=O) groups excluding carboxylic acids is 1. The number of benzene rings is 2. The molecule has 1 fully saturated rings. The van der Waals surface area contributed by atoms with Crippen LogP contribution in [0.5, 0.6) is 0 Å². The quantitative estimate of drug-likeness (QED) is 0.857. The number of piperazine rings is 1. The van der Waals surface area contributed by atoms with Crippen LogP contribution in [0.2, 0.25) is 0 Å². The van der Waals surface area contributed by atoms with Gasteiger partial charge in [0.05, 0.1) is 31.7 Å². The summed E-state index contributed by atoms with van der Waals surface area (Å²) in [6.07, 6.45) is -4.37. The van der Waals surface area contributed by atoms with E-state index >= 15 is 0 Å². The van der Waals surface area contributed by atoms with Crippen molar-refractivity contribution < 1.29 is 22.9 Å². The van der Waals surface area contributed by atoms with Gasteiger partial charge in [-0.1, -0.05) is 18.2 Å². The molecule has 7 heteroatoms. The van der Waals surface area contributed by atoms with E-state index in [0.29, 0.717) is 12.2 Å². The van der Waals surface area contributed by atoms with Gasteiger partial charge in [-0.15, -0.1) is 0 Å². The topological polar surface area (TPSA) is 36.8 Å². The highest BCUT2D eigenvalue weighted by atomic mass is 19.4. The number of quaternary nitrogens is 1. The summed E-state index contributed by atoms with van der Waals surface area (Å²) in [4.78, 5) is 15.7. The van der Waals surface area contributed by atoms with Crippen LogP contribution in [-0.4, -0.2) is 38.6 Å². The molecule has 144 valence electrons. The number of halogens is 3. The number of nitrogens with zero attached hydrogens (tertiary/aromatic N) is 1. The number of alkyl halides is 3. The molecule has 2 aromatic carbocycles. The van der Waals surface area contributed by atoms with Crippen LogP contribution in [0, 0.1) is 6.92 Å². The molecule has 27 heavy (non-hydrogen) atoms. The first kappa shape index (κ1) is 19.2. The highest BCUT2D eigenvalue weighted by Crippen LogP contribution is 2.29. The van der Waals surface area contributed by atoms with E-state index in [-0.39, 0.29) is 5.91 Å². The van der Waals surface area contributed by atoms with E-state index < -0.39 is 11.7 Å². The van der Waals surface area contributed by atoms with Gasteiger partial charge in [0.25, 0.3) is 5.91 Å². The van der Waals surface area contributed by atoms with Gasteiger partial charge >= 0.3 is 6.18 Å². The van der Waals surface area contributed by atoms with E-state index in [4.69, 9.17) is 0 Å². The molecular formula is C20H23F3N3O+. The number of carbonyl (C=O) groups is 1. The summed E-state index contributed by atoms with van der Waals surface area (Å²) in [7, 11) is 0. The van der Waals surface area contributed by atoms with Gasteiger partial charge in [0.15, 0.2) is 6.54 Å². The molecule has 2 aromatic rings. The first-order valence-corrected chi connectivity index (χ1v) is 8.94. The number of amides is 1. The second-order valence-corrected chi connectivity index (χ2v) is 6.82. The van der Waals surface area contributed by atoms with Gasteiger partial charge < -0.3 is 15.1 Å². The van der Waals surface area contributed by atoms with E-state index in [1.165, 1.54) is 28.3 Å². The SMILES string of the molecule is Cc1ccccc1N1CC[NH+](CC(=O)Nc2ccc(C(F)(F)F)cc2)CC1. The molecule has 1 aliphatic rings. The molecule has 0 bridgehead atoms. The molecule has 0 aliphatic carbocycles. The normalized spacial score (nSPS) is 15.6.